The summed E-state index contributed by atoms with van der Waals surface area (Å²) in [4.78, 5) is 28.2. The molecule has 0 bridgehead atoms. The van der Waals surface area contributed by atoms with Crippen molar-refractivity contribution in [2.45, 2.75) is 6.92 Å². The molecule has 0 amide bonds. The van der Waals surface area contributed by atoms with Gasteiger partial charge in [0.05, 0.1) is 0 Å². The first-order valence-electron chi connectivity index (χ1n) is 3.91. The lowest BCUT2D eigenvalue weighted by Gasteiger charge is -1.97. The zero-order valence-corrected chi connectivity index (χ0v) is 7.31. The zero-order valence-electron chi connectivity index (χ0n) is 7.31. The molecule has 0 aliphatic rings. The summed E-state index contributed by atoms with van der Waals surface area (Å²) in [5, 5.41) is 8.79. The minimum absolute atomic E-state index is 0.289. The van der Waals surface area contributed by atoms with E-state index in [9.17, 15) is 9.59 Å². The Morgan fingerprint density at radius 1 is 1.64 bits per heavy atom. The average molecular weight is 193 g/mol. The summed E-state index contributed by atoms with van der Waals surface area (Å²) in [5.41, 5.74) is 0.604. The molecular formula is C8H7N3O3. The van der Waals surface area contributed by atoms with Gasteiger partial charge < -0.3 is 5.11 Å². The van der Waals surface area contributed by atoms with E-state index in [4.69, 9.17) is 5.11 Å². The Labute approximate surface area is 77.8 Å². The second-order valence-corrected chi connectivity index (χ2v) is 2.87. The Balaban J connectivity index is 3.01. The monoisotopic (exact) mass is 193 g/mol. The molecule has 2 aromatic rings. The van der Waals surface area contributed by atoms with Crippen molar-refractivity contribution in [2.24, 2.45) is 0 Å². The van der Waals surface area contributed by atoms with Crippen molar-refractivity contribution < 1.29 is 9.90 Å². The second kappa shape index (κ2) is 2.69. The van der Waals surface area contributed by atoms with Gasteiger partial charge in [-0.15, -0.1) is 0 Å². The molecule has 14 heavy (non-hydrogen) atoms. The fourth-order valence-electron chi connectivity index (χ4n) is 1.37. The number of H-pyrrole nitrogens is 1. The van der Waals surface area contributed by atoms with Crippen LogP contribution >= 0.6 is 0 Å². The van der Waals surface area contributed by atoms with E-state index in [2.05, 4.69) is 9.97 Å². The summed E-state index contributed by atoms with van der Waals surface area (Å²) in [6.07, 6.45) is 0.206. The van der Waals surface area contributed by atoms with E-state index in [0.717, 1.165) is 0 Å². The SMILES string of the molecule is Cc1ccnc2[nH]c(=O)n(C(=O)O)c12. The Morgan fingerprint density at radius 3 is 3.00 bits per heavy atom. The van der Waals surface area contributed by atoms with Gasteiger partial charge in [-0.3, -0.25) is 4.98 Å². The van der Waals surface area contributed by atoms with Crippen LogP contribution in [0.2, 0.25) is 0 Å². The van der Waals surface area contributed by atoms with Crippen LogP contribution in [0.25, 0.3) is 11.2 Å². The normalized spacial score (nSPS) is 10.6. The molecule has 6 nitrogen and oxygen atoms in total. The molecule has 2 aromatic heterocycles. The minimum atomic E-state index is -1.31. The third-order valence-corrected chi connectivity index (χ3v) is 1.97. The molecule has 0 aliphatic carbocycles. The summed E-state index contributed by atoms with van der Waals surface area (Å²) in [6.45, 7) is 1.72. The van der Waals surface area contributed by atoms with E-state index in [0.29, 0.717) is 15.6 Å². The van der Waals surface area contributed by atoms with Gasteiger partial charge in [-0.1, -0.05) is 0 Å². The molecule has 2 heterocycles. The van der Waals surface area contributed by atoms with Crippen molar-refractivity contribution in [3.63, 3.8) is 0 Å². The zero-order chi connectivity index (χ0) is 10.3. The number of nitrogens with zero attached hydrogens (tertiary/aromatic N) is 2. The number of nitrogens with one attached hydrogen (secondary N) is 1. The first kappa shape index (κ1) is 8.49. The molecule has 2 rings (SSSR count). The van der Waals surface area contributed by atoms with Crippen LogP contribution in [0.3, 0.4) is 0 Å². The van der Waals surface area contributed by atoms with Crippen LogP contribution in [0.4, 0.5) is 4.79 Å². The van der Waals surface area contributed by atoms with E-state index in [1.807, 2.05) is 0 Å². The van der Waals surface area contributed by atoms with Gasteiger partial charge in [-0.25, -0.2) is 14.6 Å². The standard InChI is InChI=1S/C8H7N3O3/c1-4-2-3-9-6-5(4)11(8(13)14)7(12)10-6/h2-3H,1H3,(H,13,14)(H,9,10,12). The van der Waals surface area contributed by atoms with Crippen molar-refractivity contribution in [1.82, 2.24) is 14.5 Å². The van der Waals surface area contributed by atoms with Gasteiger partial charge in [-0.05, 0) is 18.6 Å². The Kier molecular flexibility index (Phi) is 1.63. The maximum absolute atomic E-state index is 11.2. The minimum Gasteiger partial charge on any atom is -0.464 e. The first-order valence-corrected chi connectivity index (χ1v) is 3.91. The van der Waals surface area contributed by atoms with Crippen molar-refractivity contribution in [2.75, 3.05) is 0 Å². The number of carboxylic acid groups (broad SMARTS) is 1. The quantitative estimate of drug-likeness (QED) is 0.639. The maximum Gasteiger partial charge on any atom is 0.420 e. The Morgan fingerprint density at radius 2 is 2.36 bits per heavy atom. The van der Waals surface area contributed by atoms with Crippen LogP contribution in [-0.2, 0) is 0 Å². The number of imidazole rings is 1. The van der Waals surface area contributed by atoms with Crippen LogP contribution < -0.4 is 5.69 Å². The maximum atomic E-state index is 11.2. The van der Waals surface area contributed by atoms with E-state index < -0.39 is 11.8 Å². The number of aryl methyl sites for hydroxylation is 1. The van der Waals surface area contributed by atoms with Gasteiger partial charge in [0.25, 0.3) is 0 Å². The molecule has 2 N–H and O–H groups in total. The van der Waals surface area contributed by atoms with Crippen LogP contribution in [0, 0.1) is 6.92 Å². The molecular weight excluding hydrogens is 186 g/mol. The lowest BCUT2D eigenvalue weighted by molar-refractivity contribution is 0.196. The number of rotatable bonds is 0. The third kappa shape index (κ3) is 1.00. The van der Waals surface area contributed by atoms with Crippen molar-refractivity contribution >= 4 is 17.3 Å². The molecule has 0 aromatic carbocycles. The van der Waals surface area contributed by atoms with Crippen molar-refractivity contribution in [3.8, 4) is 0 Å². The molecule has 0 atom stereocenters. The largest absolute Gasteiger partial charge is 0.464 e. The first-order chi connectivity index (χ1) is 6.61. The number of hydrogen-bond acceptors (Lipinski definition) is 3. The molecule has 0 saturated carbocycles. The molecule has 6 heteroatoms. The van der Waals surface area contributed by atoms with Crippen LogP contribution in [-0.4, -0.2) is 25.7 Å². The number of fused-ring (bicyclic) bond motifs is 1. The Bertz CT molecular complexity index is 567. The lowest BCUT2D eigenvalue weighted by atomic mass is 10.3. The molecule has 0 spiro atoms. The average Bonchev–Trinajstić information content (AvgIpc) is 2.42. The molecule has 0 aliphatic heterocycles. The highest BCUT2D eigenvalue weighted by atomic mass is 16.4. The van der Waals surface area contributed by atoms with Crippen molar-refractivity contribution in [1.29, 1.82) is 0 Å². The van der Waals surface area contributed by atoms with Gasteiger partial charge >= 0.3 is 11.8 Å². The van der Waals surface area contributed by atoms with Gasteiger partial charge in [0.2, 0.25) is 0 Å². The number of carbonyl (C=O) groups is 1. The third-order valence-electron chi connectivity index (χ3n) is 1.97. The molecule has 0 unspecified atom stereocenters. The predicted octanol–water partition coefficient (Wildman–Crippen LogP) is 0.559. The molecule has 0 radical (unpaired) electrons. The summed E-state index contributed by atoms with van der Waals surface area (Å²) >= 11 is 0. The van der Waals surface area contributed by atoms with Crippen LogP contribution in [0.1, 0.15) is 5.56 Å². The summed E-state index contributed by atoms with van der Waals surface area (Å²) < 4.78 is 0.650. The van der Waals surface area contributed by atoms with E-state index in [1.54, 1.807) is 13.0 Å². The van der Waals surface area contributed by atoms with Gasteiger partial charge in [0.15, 0.2) is 5.65 Å². The lowest BCUT2D eigenvalue weighted by Crippen LogP contribution is -2.23. The van der Waals surface area contributed by atoms with Crippen LogP contribution in [0.15, 0.2) is 17.1 Å². The fourth-order valence-corrected chi connectivity index (χ4v) is 1.37. The van der Waals surface area contributed by atoms with Crippen LogP contribution in [0.5, 0.6) is 0 Å². The van der Waals surface area contributed by atoms with Gasteiger partial charge in [-0.2, -0.15) is 4.57 Å². The van der Waals surface area contributed by atoms with Gasteiger partial charge in [0.1, 0.15) is 5.52 Å². The molecule has 0 saturated heterocycles. The molecule has 72 valence electrons. The smallest absolute Gasteiger partial charge is 0.420 e. The highest BCUT2D eigenvalue weighted by molar-refractivity contribution is 5.85. The molecule has 0 fully saturated rings. The number of aromatic nitrogens is 3. The fraction of sp³-hybridized carbons (Fsp3) is 0.125. The van der Waals surface area contributed by atoms with E-state index >= 15 is 0 Å². The summed E-state index contributed by atoms with van der Waals surface area (Å²) in [7, 11) is 0. The van der Waals surface area contributed by atoms with Gasteiger partial charge in [0, 0.05) is 6.20 Å². The topological polar surface area (TPSA) is 88.0 Å². The Hall–Kier alpha value is -2.11. The number of aromatic amines is 1. The highest BCUT2D eigenvalue weighted by Crippen LogP contribution is 2.11. The summed E-state index contributed by atoms with van der Waals surface area (Å²) in [5.74, 6) is 0. The summed E-state index contributed by atoms with van der Waals surface area (Å²) in [6, 6.07) is 1.65. The predicted molar refractivity (Wildman–Crippen MR) is 48.5 cm³/mol. The number of hydrogen-bond donors (Lipinski definition) is 2. The highest BCUT2D eigenvalue weighted by Gasteiger charge is 2.14. The van der Waals surface area contributed by atoms with E-state index in [-0.39, 0.29) is 5.65 Å². The van der Waals surface area contributed by atoms with E-state index in [1.165, 1.54) is 6.20 Å². The second-order valence-electron chi connectivity index (χ2n) is 2.87. The number of pyridine rings is 1. The van der Waals surface area contributed by atoms with Crippen molar-refractivity contribution in [3.05, 3.63) is 28.3 Å².